The summed E-state index contributed by atoms with van der Waals surface area (Å²) in [7, 11) is 0. The summed E-state index contributed by atoms with van der Waals surface area (Å²) in [4.78, 5) is 0. The van der Waals surface area contributed by atoms with E-state index >= 15 is 0 Å². The van der Waals surface area contributed by atoms with Crippen LogP contribution in [0.25, 0.3) is 0 Å². The number of phenolic OH excluding ortho intramolecular Hbond substituents is 1. The number of rotatable bonds is 3. The van der Waals surface area contributed by atoms with E-state index in [-0.39, 0.29) is 24.3 Å². The predicted molar refractivity (Wildman–Crippen MR) is 85.8 cm³/mol. The van der Waals surface area contributed by atoms with Gasteiger partial charge in [-0.3, -0.25) is 16.1 Å². The summed E-state index contributed by atoms with van der Waals surface area (Å²) >= 11 is 0. The van der Waals surface area contributed by atoms with Gasteiger partial charge < -0.3 is 16.2 Å². The van der Waals surface area contributed by atoms with Crippen LogP contribution in [0.15, 0.2) is 24.3 Å². The van der Waals surface area contributed by atoms with Crippen LogP contribution in [0.4, 0.5) is 0 Å². The Morgan fingerprint density at radius 3 is 2.30 bits per heavy atom. The normalized spacial score (nSPS) is 8.50. The van der Waals surface area contributed by atoms with E-state index in [0.717, 1.165) is 24.9 Å². The molecule has 1 aromatic rings. The van der Waals surface area contributed by atoms with Crippen LogP contribution in [0.2, 0.25) is 0 Å². The summed E-state index contributed by atoms with van der Waals surface area (Å²) < 4.78 is 0. The Kier molecular flexibility index (Phi) is 12.3. The van der Waals surface area contributed by atoms with Gasteiger partial charge in [0, 0.05) is 6.54 Å². The van der Waals surface area contributed by atoms with E-state index in [4.69, 9.17) is 21.7 Å². The van der Waals surface area contributed by atoms with Crippen molar-refractivity contribution in [3.05, 3.63) is 29.8 Å². The van der Waals surface area contributed by atoms with Crippen LogP contribution < -0.4 is 16.4 Å². The van der Waals surface area contributed by atoms with Crippen LogP contribution in [-0.4, -0.2) is 23.6 Å². The van der Waals surface area contributed by atoms with E-state index in [9.17, 15) is 0 Å². The monoisotopic (exact) mass is 301 g/mol. The molecule has 0 atom stereocenters. The van der Waals surface area contributed by atoms with Crippen molar-refractivity contribution >= 4 is 24.3 Å². The lowest BCUT2D eigenvalue weighted by molar-refractivity contribution is 0.471. The maximum absolute atomic E-state index is 8.92. The SMILES string of the molecule is CCCCNC(=N)NC(=N)N.Cc1ccccc1O.Cl. The summed E-state index contributed by atoms with van der Waals surface area (Å²) in [5.41, 5.74) is 5.91. The van der Waals surface area contributed by atoms with Gasteiger partial charge in [0.15, 0.2) is 11.9 Å². The average molecular weight is 302 g/mol. The molecule has 0 aromatic heterocycles. The molecule has 0 aliphatic heterocycles. The Morgan fingerprint density at radius 2 is 1.90 bits per heavy atom. The number of nitrogens with one attached hydrogen (secondary N) is 4. The molecule has 0 unspecified atom stereocenters. The molecule has 7 N–H and O–H groups in total. The number of phenols is 1. The highest BCUT2D eigenvalue weighted by Gasteiger charge is 1.93. The quantitative estimate of drug-likeness (QED) is 0.290. The molecule has 6 nitrogen and oxygen atoms in total. The van der Waals surface area contributed by atoms with Crippen molar-refractivity contribution in [1.82, 2.24) is 10.6 Å². The fourth-order valence-corrected chi connectivity index (χ4v) is 1.13. The Labute approximate surface area is 126 Å². The average Bonchev–Trinajstić information content (AvgIpc) is 2.33. The predicted octanol–water partition coefficient (Wildman–Crippen LogP) is 1.92. The molecule has 0 amide bonds. The van der Waals surface area contributed by atoms with Gasteiger partial charge in [0.2, 0.25) is 0 Å². The zero-order valence-corrected chi connectivity index (χ0v) is 12.7. The summed E-state index contributed by atoms with van der Waals surface area (Å²) in [6.07, 6.45) is 2.10. The van der Waals surface area contributed by atoms with E-state index in [1.165, 1.54) is 0 Å². The third kappa shape index (κ3) is 11.2. The first-order valence-electron chi connectivity index (χ1n) is 6.15. The molecule has 1 aromatic carbocycles. The van der Waals surface area contributed by atoms with Crippen molar-refractivity contribution < 1.29 is 5.11 Å². The fraction of sp³-hybridized carbons (Fsp3) is 0.385. The van der Waals surface area contributed by atoms with Gasteiger partial charge in [-0.15, -0.1) is 12.4 Å². The van der Waals surface area contributed by atoms with Crippen molar-refractivity contribution in [2.45, 2.75) is 26.7 Å². The van der Waals surface area contributed by atoms with Crippen LogP contribution in [-0.2, 0) is 0 Å². The Hall–Kier alpha value is -1.95. The molecule has 7 heteroatoms. The Balaban J connectivity index is 0. The number of aromatic hydroxyl groups is 1. The molecule has 0 spiro atoms. The van der Waals surface area contributed by atoms with Crippen LogP contribution in [0.5, 0.6) is 5.75 Å². The third-order valence-corrected chi connectivity index (χ3v) is 2.21. The lowest BCUT2D eigenvalue weighted by atomic mass is 10.2. The number of benzene rings is 1. The number of nitrogens with two attached hydrogens (primary N) is 1. The van der Waals surface area contributed by atoms with Crippen molar-refractivity contribution in [3.8, 4) is 5.75 Å². The van der Waals surface area contributed by atoms with Crippen molar-refractivity contribution in [2.24, 2.45) is 5.73 Å². The topological polar surface area (TPSA) is 118 Å². The fourth-order valence-electron chi connectivity index (χ4n) is 1.13. The molecule has 1 rings (SSSR count). The first-order valence-corrected chi connectivity index (χ1v) is 6.15. The number of hydrogen-bond acceptors (Lipinski definition) is 3. The van der Waals surface area contributed by atoms with Gasteiger partial charge in [0.05, 0.1) is 0 Å². The molecule has 0 heterocycles. The molecule has 0 saturated heterocycles. The second-order valence-electron chi connectivity index (χ2n) is 3.98. The first kappa shape index (κ1) is 20.4. The van der Waals surface area contributed by atoms with Gasteiger partial charge >= 0.3 is 0 Å². The first-order chi connectivity index (χ1) is 8.97. The van der Waals surface area contributed by atoms with Gasteiger partial charge in [-0.1, -0.05) is 31.5 Å². The molecule has 0 radical (unpaired) electrons. The van der Waals surface area contributed by atoms with E-state index in [1.54, 1.807) is 6.07 Å². The largest absolute Gasteiger partial charge is 0.508 e. The number of hydrogen-bond donors (Lipinski definition) is 6. The van der Waals surface area contributed by atoms with Gasteiger partial charge in [-0.25, -0.2) is 0 Å². The van der Waals surface area contributed by atoms with E-state index in [1.807, 2.05) is 25.1 Å². The molecule has 0 aliphatic rings. The molecule has 0 bridgehead atoms. The summed E-state index contributed by atoms with van der Waals surface area (Å²) in [5, 5.41) is 28.0. The molecule has 0 aliphatic carbocycles. The molecule has 20 heavy (non-hydrogen) atoms. The minimum Gasteiger partial charge on any atom is -0.508 e. The highest BCUT2D eigenvalue weighted by atomic mass is 35.5. The smallest absolute Gasteiger partial charge is 0.195 e. The maximum atomic E-state index is 8.92. The second kappa shape index (κ2) is 12.1. The van der Waals surface area contributed by atoms with Crippen molar-refractivity contribution in [2.75, 3.05) is 6.54 Å². The van der Waals surface area contributed by atoms with Gasteiger partial charge in [0.1, 0.15) is 5.75 Å². The molecular weight excluding hydrogens is 278 g/mol. The van der Waals surface area contributed by atoms with Crippen LogP contribution in [0, 0.1) is 17.7 Å². The number of para-hydroxylation sites is 1. The number of halogens is 1. The molecule has 114 valence electrons. The summed E-state index contributed by atoms with van der Waals surface area (Å²) in [5.74, 6) is 0.248. The van der Waals surface area contributed by atoms with E-state index < -0.39 is 0 Å². The molecule has 0 saturated carbocycles. The molecular formula is C13H24ClN5O. The van der Waals surface area contributed by atoms with E-state index in [2.05, 4.69) is 17.6 Å². The number of guanidine groups is 2. The van der Waals surface area contributed by atoms with Crippen LogP contribution in [0.1, 0.15) is 25.3 Å². The Bertz CT molecular complexity index is 391. The zero-order valence-electron chi connectivity index (χ0n) is 11.9. The van der Waals surface area contributed by atoms with Gasteiger partial charge in [-0.2, -0.15) is 0 Å². The summed E-state index contributed by atoms with van der Waals surface area (Å²) in [6.45, 7) is 4.69. The van der Waals surface area contributed by atoms with Crippen LogP contribution in [0.3, 0.4) is 0 Å². The molecule has 0 fully saturated rings. The highest BCUT2D eigenvalue weighted by molar-refractivity contribution is 5.94. The maximum Gasteiger partial charge on any atom is 0.195 e. The highest BCUT2D eigenvalue weighted by Crippen LogP contribution is 2.12. The minimum absolute atomic E-state index is 0. The summed E-state index contributed by atoms with van der Waals surface area (Å²) in [6, 6.07) is 7.25. The minimum atomic E-state index is -0.209. The lowest BCUT2D eigenvalue weighted by Gasteiger charge is -2.06. The second-order valence-corrected chi connectivity index (χ2v) is 3.98. The third-order valence-electron chi connectivity index (χ3n) is 2.21. The lowest BCUT2D eigenvalue weighted by Crippen LogP contribution is -2.43. The van der Waals surface area contributed by atoms with Gasteiger partial charge in [-0.05, 0) is 25.0 Å². The number of aryl methyl sites for hydroxylation is 1. The zero-order chi connectivity index (χ0) is 14.7. The van der Waals surface area contributed by atoms with Crippen molar-refractivity contribution in [3.63, 3.8) is 0 Å². The standard InChI is InChI=1S/C7H8O.C6H15N5.ClH/c1-6-4-2-3-5-7(6)8;1-2-3-4-10-6(9)11-5(7)8;/h2-5,8H,1H3;2-4H2,1H3,(H6,7,8,9,10,11);1H. The Morgan fingerprint density at radius 1 is 1.30 bits per heavy atom. The van der Waals surface area contributed by atoms with E-state index in [0.29, 0.717) is 5.75 Å². The van der Waals surface area contributed by atoms with Gasteiger partial charge in [0.25, 0.3) is 0 Å². The number of unbranched alkanes of at least 4 members (excludes halogenated alkanes) is 1. The van der Waals surface area contributed by atoms with Crippen molar-refractivity contribution in [1.29, 1.82) is 10.8 Å². The van der Waals surface area contributed by atoms with Crippen LogP contribution >= 0.6 is 12.4 Å².